The Labute approximate surface area is 227 Å². The maximum Gasteiger partial charge on any atom is 0.286 e. The minimum Gasteiger partial charge on any atom is -0.459 e. The number of anilines is 2. The van der Waals surface area contributed by atoms with Gasteiger partial charge in [0.05, 0.1) is 37.8 Å². The fourth-order valence-electron chi connectivity index (χ4n) is 4.22. The molecule has 2 aromatic rings. The molecular weight excluding hydrogens is 506 g/mol. The first-order chi connectivity index (χ1) is 19.0. The van der Waals surface area contributed by atoms with Crippen molar-refractivity contribution in [2.75, 3.05) is 50.8 Å². The summed E-state index contributed by atoms with van der Waals surface area (Å²) in [5.41, 5.74) is 7.91. The van der Waals surface area contributed by atoms with Crippen molar-refractivity contribution in [3.05, 3.63) is 59.9 Å². The zero-order chi connectivity index (χ0) is 27.5. The van der Waals surface area contributed by atoms with Crippen LogP contribution in [0.5, 0.6) is 11.5 Å². The van der Waals surface area contributed by atoms with Crippen molar-refractivity contribution in [2.45, 2.75) is 37.9 Å². The number of carbonyl (C=O) groups excluding carboxylic acids is 2. The zero-order valence-corrected chi connectivity index (χ0v) is 21.7. The van der Waals surface area contributed by atoms with Crippen molar-refractivity contribution in [1.29, 1.82) is 0 Å². The van der Waals surface area contributed by atoms with Gasteiger partial charge in [-0.15, -0.1) is 0 Å². The first-order valence-electron chi connectivity index (χ1n) is 13.0. The van der Waals surface area contributed by atoms with Crippen LogP contribution in [-0.4, -0.2) is 63.0 Å². The van der Waals surface area contributed by atoms with Crippen LogP contribution < -0.4 is 25.8 Å². The number of unbranched alkanes of at least 4 members (excludes halogenated alkanes) is 1. The highest BCUT2D eigenvalue weighted by Crippen LogP contribution is 2.38. The summed E-state index contributed by atoms with van der Waals surface area (Å²) in [6.07, 6.45) is 3.15. The molecule has 0 spiro atoms. The van der Waals surface area contributed by atoms with Crippen LogP contribution in [0.25, 0.3) is 0 Å². The van der Waals surface area contributed by atoms with Crippen LogP contribution in [-0.2, 0) is 23.8 Å². The second-order valence-corrected chi connectivity index (χ2v) is 9.09. The zero-order valence-electron chi connectivity index (χ0n) is 21.7. The molecule has 11 nitrogen and oxygen atoms in total. The molecule has 5 N–H and O–H groups in total. The van der Waals surface area contributed by atoms with Crippen molar-refractivity contribution in [2.24, 2.45) is 0 Å². The maximum atomic E-state index is 12.9. The lowest BCUT2D eigenvalue weighted by Crippen LogP contribution is -2.33. The van der Waals surface area contributed by atoms with Crippen molar-refractivity contribution in [3.8, 4) is 11.5 Å². The van der Waals surface area contributed by atoms with Gasteiger partial charge in [0.1, 0.15) is 0 Å². The van der Waals surface area contributed by atoms with Crippen molar-refractivity contribution in [1.82, 2.24) is 5.32 Å². The van der Waals surface area contributed by atoms with Gasteiger partial charge in [-0.1, -0.05) is 18.2 Å². The molecule has 2 aliphatic rings. The normalized spacial score (nSPS) is 17.7. The third-order valence-electron chi connectivity index (χ3n) is 6.22. The summed E-state index contributed by atoms with van der Waals surface area (Å²) < 4.78 is 27.9. The lowest BCUT2D eigenvalue weighted by molar-refractivity contribution is -0.151. The molecule has 2 aliphatic heterocycles. The summed E-state index contributed by atoms with van der Waals surface area (Å²) in [4.78, 5) is 25.1. The molecule has 0 aliphatic carbocycles. The Kier molecular flexibility index (Phi) is 10.4. The number of nitrogens with two attached hydrogens (primary N) is 1. The van der Waals surface area contributed by atoms with Crippen LogP contribution in [0.1, 0.15) is 37.2 Å². The standard InChI is InChI=1S/C28H35N3O8/c29-21-5-1-2-6-22(21)31-26(33)7-3-4-10-30-28(34)25-16-20(17-27(39-25)36-14-13-35-12-11-32)19-8-9-23-24(15-19)38-18-37-23/h1-2,5-6,8-9,15-16,20,27,32H,3-4,7,10-14,17-18,29H2,(H,30,34)(H,31,33). The largest absolute Gasteiger partial charge is 0.459 e. The Bertz CT molecular complexity index is 1160. The molecule has 39 heavy (non-hydrogen) atoms. The van der Waals surface area contributed by atoms with E-state index in [1.807, 2.05) is 18.2 Å². The summed E-state index contributed by atoms with van der Waals surface area (Å²) >= 11 is 0. The van der Waals surface area contributed by atoms with Crippen LogP contribution >= 0.6 is 0 Å². The van der Waals surface area contributed by atoms with Crippen molar-refractivity contribution < 1.29 is 38.4 Å². The maximum absolute atomic E-state index is 12.9. The second kappa shape index (κ2) is 14.4. The lowest BCUT2D eigenvalue weighted by atomic mass is 9.92. The number of nitrogens with one attached hydrogen (secondary N) is 2. The first kappa shape index (κ1) is 28.2. The van der Waals surface area contributed by atoms with Gasteiger partial charge >= 0.3 is 0 Å². The van der Waals surface area contributed by atoms with Gasteiger partial charge in [0.2, 0.25) is 19.0 Å². The van der Waals surface area contributed by atoms with E-state index in [0.717, 1.165) is 5.56 Å². The Hall–Kier alpha value is -3.80. The van der Waals surface area contributed by atoms with E-state index >= 15 is 0 Å². The number of hydrogen-bond acceptors (Lipinski definition) is 9. The summed E-state index contributed by atoms with van der Waals surface area (Å²) in [6.45, 7) is 1.28. The van der Waals surface area contributed by atoms with Crippen molar-refractivity contribution >= 4 is 23.2 Å². The number of para-hydroxylation sites is 2. The molecular formula is C28H35N3O8. The van der Waals surface area contributed by atoms with Gasteiger partial charge in [0.15, 0.2) is 17.3 Å². The molecule has 2 amide bonds. The minimum atomic E-state index is -0.655. The van der Waals surface area contributed by atoms with Crippen LogP contribution in [0.4, 0.5) is 11.4 Å². The van der Waals surface area contributed by atoms with Gasteiger partial charge in [-0.3, -0.25) is 9.59 Å². The molecule has 0 radical (unpaired) electrons. The Balaban J connectivity index is 1.28. The van der Waals surface area contributed by atoms with E-state index in [-0.39, 0.29) is 50.1 Å². The monoisotopic (exact) mass is 541 g/mol. The van der Waals surface area contributed by atoms with E-state index in [1.165, 1.54) is 0 Å². The second-order valence-electron chi connectivity index (χ2n) is 9.09. The van der Waals surface area contributed by atoms with Gasteiger partial charge < -0.3 is 45.2 Å². The molecule has 210 valence electrons. The summed E-state index contributed by atoms with van der Waals surface area (Å²) in [5.74, 6) is 0.878. The highest BCUT2D eigenvalue weighted by atomic mass is 16.7. The van der Waals surface area contributed by atoms with Gasteiger partial charge in [0.25, 0.3) is 5.91 Å². The molecule has 2 unspecified atom stereocenters. The van der Waals surface area contributed by atoms with E-state index < -0.39 is 6.29 Å². The Morgan fingerprint density at radius 2 is 1.90 bits per heavy atom. The summed E-state index contributed by atoms with van der Waals surface area (Å²) in [7, 11) is 0. The molecule has 0 fully saturated rings. The van der Waals surface area contributed by atoms with Crippen LogP contribution in [0.3, 0.4) is 0 Å². The number of benzene rings is 2. The van der Waals surface area contributed by atoms with E-state index in [1.54, 1.807) is 30.3 Å². The number of aliphatic hydroxyl groups is 1. The molecule has 2 aromatic carbocycles. The highest BCUT2D eigenvalue weighted by Gasteiger charge is 2.29. The third kappa shape index (κ3) is 8.34. The van der Waals surface area contributed by atoms with E-state index in [9.17, 15) is 9.59 Å². The predicted octanol–water partition coefficient (Wildman–Crippen LogP) is 2.66. The van der Waals surface area contributed by atoms with Gasteiger partial charge in [-0.25, -0.2) is 0 Å². The van der Waals surface area contributed by atoms with Gasteiger partial charge in [-0.2, -0.15) is 0 Å². The molecule has 2 heterocycles. The van der Waals surface area contributed by atoms with Crippen molar-refractivity contribution in [3.63, 3.8) is 0 Å². The Morgan fingerprint density at radius 1 is 1.05 bits per heavy atom. The number of hydrogen-bond donors (Lipinski definition) is 4. The number of fused-ring (bicyclic) bond motifs is 1. The SMILES string of the molecule is Nc1ccccc1NC(=O)CCCCNC(=O)C1=CC(c2ccc3c(c2)OCO3)CC(OCCOCCO)O1. The average Bonchev–Trinajstić information content (AvgIpc) is 3.42. The van der Waals surface area contributed by atoms with Gasteiger partial charge in [0, 0.05) is 25.3 Å². The van der Waals surface area contributed by atoms with Crippen LogP contribution in [0, 0.1) is 0 Å². The molecule has 0 saturated carbocycles. The number of aliphatic hydroxyl groups excluding tert-OH is 1. The lowest BCUT2D eigenvalue weighted by Gasteiger charge is -2.29. The van der Waals surface area contributed by atoms with Crippen LogP contribution in [0.15, 0.2) is 54.3 Å². The fourth-order valence-corrected chi connectivity index (χ4v) is 4.22. The highest BCUT2D eigenvalue weighted by molar-refractivity contribution is 5.93. The number of rotatable bonds is 14. The number of allylic oxidation sites excluding steroid dienone is 1. The average molecular weight is 542 g/mol. The van der Waals surface area contributed by atoms with E-state index in [4.69, 9.17) is 34.5 Å². The quantitative estimate of drug-likeness (QED) is 0.209. The molecule has 0 saturated heterocycles. The topological polar surface area (TPSA) is 151 Å². The predicted molar refractivity (Wildman–Crippen MR) is 143 cm³/mol. The molecule has 0 bridgehead atoms. The van der Waals surface area contributed by atoms with Gasteiger partial charge in [-0.05, 0) is 48.7 Å². The van der Waals surface area contributed by atoms with E-state index in [0.29, 0.717) is 61.7 Å². The number of ether oxygens (including phenoxy) is 5. The molecule has 11 heteroatoms. The third-order valence-corrected chi connectivity index (χ3v) is 6.22. The summed E-state index contributed by atoms with van der Waals surface area (Å²) in [6, 6.07) is 12.8. The molecule has 0 aromatic heterocycles. The van der Waals surface area contributed by atoms with Crippen LogP contribution in [0.2, 0.25) is 0 Å². The number of amides is 2. The van der Waals surface area contributed by atoms with E-state index in [2.05, 4.69) is 10.6 Å². The first-order valence-corrected chi connectivity index (χ1v) is 13.0. The smallest absolute Gasteiger partial charge is 0.286 e. The number of nitrogen functional groups attached to an aromatic ring is 1. The summed E-state index contributed by atoms with van der Waals surface area (Å²) in [5, 5.41) is 14.5. The Morgan fingerprint density at radius 3 is 2.74 bits per heavy atom. The minimum absolute atomic E-state index is 0.0640. The molecule has 4 rings (SSSR count). The number of carbonyl (C=O) groups is 2. The molecule has 2 atom stereocenters. The fraction of sp³-hybridized carbons (Fsp3) is 0.429.